The van der Waals surface area contributed by atoms with Gasteiger partial charge in [-0.3, -0.25) is 5.41 Å². The van der Waals surface area contributed by atoms with E-state index in [1.165, 1.54) is 0 Å². The Kier molecular flexibility index (Phi) is 4.55. The van der Waals surface area contributed by atoms with E-state index in [4.69, 9.17) is 5.41 Å². The number of hydrogen-bond acceptors (Lipinski definition) is 0. The summed E-state index contributed by atoms with van der Waals surface area (Å²) >= 11 is 0. The quantitative estimate of drug-likeness (QED) is 0.442. The van der Waals surface area contributed by atoms with Crippen molar-refractivity contribution in [3.63, 3.8) is 0 Å². The van der Waals surface area contributed by atoms with E-state index in [1.807, 2.05) is 25.2 Å². The summed E-state index contributed by atoms with van der Waals surface area (Å²) in [5.74, 6) is 0.421. The van der Waals surface area contributed by atoms with E-state index in [0.717, 1.165) is 12.1 Å². The molecule has 0 aromatic heterocycles. The molecule has 0 rings (SSSR count). The molecule has 1 unspecified atom stereocenters. The average Bonchev–Trinajstić information content (AvgIpc) is 1.99. The second kappa shape index (κ2) is 4.98. The first-order valence-corrected chi connectivity index (χ1v) is 3.62. The molecule has 10 heavy (non-hydrogen) atoms. The molecule has 0 bridgehead atoms. The molecule has 2 N–H and O–H groups in total. The summed E-state index contributed by atoms with van der Waals surface area (Å²) < 4.78 is 0. The number of allylic oxidation sites excluding steroid dienone is 3. The molecule has 0 aromatic rings. The third-order valence-electron chi connectivity index (χ3n) is 1.39. The molecule has 0 radical (unpaired) electrons. The van der Waals surface area contributed by atoms with Crippen LogP contribution in [0.25, 0.3) is 0 Å². The van der Waals surface area contributed by atoms with Crippen LogP contribution in [0.5, 0.6) is 0 Å². The number of hydrogen-bond donors (Lipinski definition) is 1. The summed E-state index contributed by atoms with van der Waals surface area (Å²) in [7, 11) is 0. The van der Waals surface area contributed by atoms with Crippen LogP contribution in [-0.2, 0) is 0 Å². The summed E-state index contributed by atoms with van der Waals surface area (Å²) in [4.78, 5) is 0. The third-order valence-corrected chi connectivity index (χ3v) is 1.39. The topological polar surface area (TPSA) is 25.6 Å². The zero-order valence-corrected chi connectivity index (χ0v) is 6.80. The highest BCUT2D eigenvalue weighted by atomic mass is 14.4. The Morgan fingerprint density at radius 3 is 2.70 bits per heavy atom. The molecule has 0 saturated heterocycles. The molecule has 0 saturated carbocycles. The predicted molar refractivity (Wildman–Crippen MR) is 45.7 cm³/mol. The van der Waals surface area contributed by atoms with Gasteiger partial charge in [-0.2, -0.15) is 0 Å². The van der Waals surface area contributed by atoms with Crippen LogP contribution < -0.4 is 5.41 Å². The summed E-state index contributed by atoms with van der Waals surface area (Å²) in [6.45, 7) is 7.78. The lowest BCUT2D eigenvalue weighted by Crippen LogP contribution is -2.37. The molecule has 1 nitrogen and oxygen atoms in total. The molecule has 0 aliphatic rings. The lowest BCUT2D eigenvalue weighted by molar-refractivity contribution is -0.114. The van der Waals surface area contributed by atoms with Crippen LogP contribution in [0.2, 0.25) is 0 Å². The second-order valence-electron chi connectivity index (χ2n) is 2.38. The summed E-state index contributed by atoms with van der Waals surface area (Å²) in [5.41, 5.74) is 0.925. The molecule has 56 valence electrons. The molecule has 0 aromatic carbocycles. The molecule has 1 atom stereocenters. The van der Waals surface area contributed by atoms with Crippen LogP contribution in [0.3, 0.4) is 0 Å². The third kappa shape index (κ3) is 4.07. The minimum absolute atomic E-state index is 0.421. The van der Waals surface area contributed by atoms with Crippen molar-refractivity contribution in [2.45, 2.75) is 20.3 Å². The van der Waals surface area contributed by atoms with Gasteiger partial charge in [0.2, 0.25) is 0 Å². The standard InChI is InChI=1S/C9H15N/c1-4-8(3)6-7-9(10)5-2/h4,6-8,10H,1,5H2,2-3H3/p+1/b7-6-,10-9?. The van der Waals surface area contributed by atoms with Gasteiger partial charge in [-0.25, -0.2) is 0 Å². The molecule has 0 heterocycles. The first-order chi connectivity index (χ1) is 4.70. The van der Waals surface area contributed by atoms with Crippen LogP contribution in [0.1, 0.15) is 20.3 Å². The zero-order chi connectivity index (χ0) is 7.98. The highest BCUT2D eigenvalue weighted by Crippen LogP contribution is 1.96. The largest absolute Gasteiger partial charge is 0.258 e. The first-order valence-electron chi connectivity index (χ1n) is 3.62. The minimum Gasteiger partial charge on any atom is -0.258 e. The Bertz CT molecular complexity index is 145. The van der Waals surface area contributed by atoms with Crippen molar-refractivity contribution in [1.29, 1.82) is 0 Å². The normalized spacial score (nSPS) is 13.4. The Morgan fingerprint density at radius 2 is 2.30 bits per heavy atom. The second-order valence-corrected chi connectivity index (χ2v) is 2.38. The highest BCUT2D eigenvalue weighted by Gasteiger charge is 1.92. The molecule has 1 heteroatoms. The molecule has 0 fully saturated rings. The molecule has 0 amide bonds. The van der Waals surface area contributed by atoms with E-state index >= 15 is 0 Å². The first kappa shape index (κ1) is 9.15. The maximum absolute atomic E-state index is 5.57. The SMILES string of the molecule is C=CC(C)/C=C\C(=[NH2+])CC. The fourth-order valence-electron chi connectivity index (χ4n) is 0.472. The van der Waals surface area contributed by atoms with Crippen molar-refractivity contribution in [3.05, 3.63) is 24.8 Å². The van der Waals surface area contributed by atoms with Gasteiger partial charge in [-0.1, -0.05) is 26.0 Å². The van der Waals surface area contributed by atoms with Crippen LogP contribution in [0.4, 0.5) is 0 Å². The monoisotopic (exact) mass is 138 g/mol. The molecule has 0 aliphatic carbocycles. The Balaban J connectivity index is 3.74. The smallest absolute Gasteiger partial charge is 0.172 e. The van der Waals surface area contributed by atoms with E-state index in [2.05, 4.69) is 13.5 Å². The van der Waals surface area contributed by atoms with Gasteiger partial charge in [-0.05, 0) is 5.92 Å². The molecular formula is C9H16N+. The Labute approximate surface area is 63.0 Å². The fraction of sp³-hybridized carbons (Fsp3) is 0.444. The van der Waals surface area contributed by atoms with Gasteiger partial charge < -0.3 is 0 Å². The van der Waals surface area contributed by atoms with Crippen molar-refractivity contribution in [2.75, 3.05) is 0 Å². The van der Waals surface area contributed by atoms with Crippen molar-refractivity contribution >= 4 is 5.71 Å². The highest BCUT2D eigenvalue weighted by molar-refractivity contribution is 5.89. The van der Waals surface area contributed by atoms with Gasteiger partial charge in [-0.15, -0.1) is 6.58 Å². The van der Waals surface area contributed by atoms with Crippen molar-refractivity contribution in [1.82, 2.24) is 0 Å². The zero-order valence-electron chi connectivity index (χ0n) is 6.80. The van der Waals surface area contributed by atoms with Gasteiger partial charge in [0.25, 0.3) is 0 Å². The van der Waals surface area contributed by atoms with E-state index in [0.29, 0.717) is 5.92 Å². The van der Waals surface area contributed by atoms with E-state index < -0.39 is 0 Å². The molecule has 0 aliphatic heterocycles. The van der Waals surface area contributed by atoms with Gasteiger partial charge in [0.05, 0.1) is 0 Å². The summed E-state index contributed by atoms with van der Waals surface area (Å²) in [6.07, 6.45) is 6.80. The molecule has 0 spiro atoms. The van der Waals surface area contributed by atoms with Crippen LogP contribution in [-0.4, -0.2) is 5.71 Å². The van der Waals surface area contributed by atoms with Crippen LogP contribution in [0.15, 0.2) is 24.8 Å². The van der Waals surface area contributed by atoms with E-state index in [9.17, 15) is 0 Å². The summed E-state index contributed by atoms with van der Waals surface area (Å²) in [6, 6.07) is 0. The van der Waals surface area contributed by atoms with Gasteiger partial charge in [0, 0.05) is 12.5 Å². The lowest BCUT2D eigenvalue weighted by Gasteiger charge is -1.92. The van der Waals surface area contributed by atoms with Crippen molar-refractivity contribution in [2.24, 2.45) is 5.92 Å². The average molecular weight is 138 g/mol. The van der Waals surface area contributed by atoms with Gasteiger partial charge in [0.15, 0.2) is 5.71 Å². The minimum atomic E-state index is 0.421. The molecular weight excluding hydrogens is 122 g/mol. The summed E-state index contributed by atoms with van der Waals surface area (Å²) in [5, 5.41) is 5.57. The Hall–Kier alpha value is -0.850. The maximum atomic E-state index is 5.57. The van der Waals surface area contributed by atoms with E-state index in [-0.39, 0.29) is 0 Å². The van der Waals surface area contributed by atoms with Gasteiger partial charge in [0.1, 0.15) is 0 Å². The van der Waals surface area contributed by atoms with Gasteiger partial charge >= 0.3 is 0 Å². The van der Waals surface area contributed by atoms with Crippen molar-refractivity contribution < 1.29 is 5.41 Å². The van der Waals surface area contributed by atoms with Crippen LogP contribution in [0, 0.1) is 5.92 Å². The van der Waals surface area contributed by atoms with E-state index in [1.54, 1.807) is 0 Å². The predicted octanol–water partition coefficient (Wildman–Crippen LogP) is 0.975. The van der Waals surface area contributed by atoms with Crippen LogP contribution >= 0.6 is 0 Å². The number of nitrogens with two attached hydrogens (primary N) is 1. The van der Waals surface area contributed by atoms with Crippen molar-refractivity contribution in [3.8, 4) is 0 Å². The fourth-order valence-corrected chi connectivity index (χ4v) is 0.472. The maximum Gasteiger partial charge on any atom is 0.172 e. The number of rotatable bonds is 4. The Morgan fingerprint density at radius 1 is 1.70 bits per heavy atom. The lowest BCUT2D eigenvalue weighted by atomic mass is 10.1.